The van der Waals surface area contributed by atoms with E-state index in [4.69, 9.17) is 5.73 Å². The summed E-state index contributed by atoms with van der Waals surface area (Å²) in [6.45, 7) is 1.34. The van der Waals surface area contributed by atoms with Crippen LogP contribution in [0.2, 0.25) is 0 Å². The first-order valence-corrected chi connectivity index (χ1v) is 6.95. The molecular weight excluding hydrogens is 298 g/mol. The smallest absolute Gasteiger partial charge is 0.293 e. The highest BCUT2D eigenvalue weighted by Crippen LogP contribution is 2.27. The van der Waals surface area contributed by atoms with Crippen LogP contribution in [0, 0.1) is 17.0 Å². The second-order valence-corrected chi connectivity index (χ2v) is 5.12. The fourth-order valence-corrected chi connectivity index (χ4v) is 2.27. The predicted octanol–water partition coefficient (Wildman–Crippen LogP) is 1.95. The highest BCUT2D eigenvalue weighted by molar-refractivity contribution is 6.01. The fraction of sp³-hybridized carbons (Fsp3) is 0.188. The van der Waals surface area contributed by atoms with Gasteiger partial charge in [-0.1, -0.05) is 30.3 Å². The number of hydrogen-bond acceptors (Lipinski definition) is 5. The zero-order valence-electron chi connectivity index (χ0n) is 12.5. The highest BCUT2D eigenvalue weighted by atomic mass is 16.6. The molecule has 2 aromatic rings. The number of carbonyl (C=O) groups is 1. The Bertz CT molecular complexity index is 732. The van der Waals surface area contributed by atoms with Crippen LogP contribution in [0.5, 0.6) is 0 Å². The van der Waals surface area contributed by atoms with Crippen LogP contribution in [0.3, 0.4) is 0 Å². The molecule has 7 heteroatoms. The van der Waals surface area contributed by atoms with Gasteiger partial charge in [-0.2, -0.15) is 0 Å². The summed E-state index contributed by atoms with van der Waals surface area (Å²) in [4.78, 5) is 22.8. The normalized spacial score (nSPS) is 11.7. The molecule has 2 rings (SSSR count). The van der Waals surface area contributed by atoms with Crippen LogP contribution >= 0.6 is 0 Å². The first kappa shape index (κ1) is 16.4. The van der Waals surface area contributed by atoms with Crippen molar-refractivity contribution in [2.24, 2.45) is 0 Å². The van der Waals surface area contributed by atoms with Crippen molar-refractivity contribution in [3.8, 4) is 0 Å². The minimum absolute atomic E-state index is 0.0195. The molecule has 0 spiro atoms. The lowest BCUT2D eigenvalue weighted by molar-refractivity contribution is -0.384. The van der Waals surface area contributed by atoms with E-state index < -0.39 is 16.9 Å². The lowest BCUT2D eigenvalue weighted by Gasteiger charge is -2.17. The van der Waals surface area contributed by atoms with E-state index >= 15 is 0 Å². The molecule has 0 bridgehead atoms. The average molecular weight is 315 g/mol. The number of hydrogen-bond donors (Lipinski definition) is 3. The van der Waals surface area contributed by atoms with Gasteiger partial charge in [0, 0.05) is 6.07 Å². The molecule has 0 heterocycles. The van der Waals surface area contributed by atoms with E-state index in [0.29, 0.717) is 5.56 Å². The van der Waals surface area contributed by atoms with Gasteiger partial charge >= 0.3 is 0 Å². The molecule has 1 atom stereocenters. The fourth-order valence-electron chi connectivity index (χ4n) is 2.27. The molecule has 0 aliphatic carbocycles. The summed E-state index contributed by atoms with van der Waals surface area (Å²) in [6, 6.07) is 11.1. The Morgan fingerprint density at radius 3 is 2.57 bits per heavy atom. The monoisotopic (exact) mass is 315 g/mol. The van der Waals surface area contributed by atoms with E-state index in [1.165, 1.54) is 12.1 Å². The number of benzene rings is 2. The van der Waals surface area contributed by atoms with Gasteiger partial charge in [-0.25, -0.2) is 0 Å². The van der Waals surface area contributed by atoms with Gasteiger partial charge in [0.1, 0.15) is 5.69 Å². The van der Waals surface area contributed by atoms with E-state index in [1.807, 2.05) is 6.07 Å². The van der Waals surface area contributed by atoms with Crippen molar-refractivity contribution < 1.29 is 14.8 Å². The third kappa shape index (κ3) is 3.64. The van der Waals surface area contributed by atoms with Crippen LogP contribution in [-0.4, -0.2) is 22.5 Å². The molecule has 23 heavy (non-hydrogen) atoms. The number of nitro benzene ring substituents is 1. The van der Waals surface area contributed by atoms with Gasteiger partial charge in [0.15, 0.2) is 0 Å². The van der Waals surface area contributed by atoms with Crippen LogP contribution in [0.15, 0.2) is 42.5 Å². The number of nitrogens with zero attached hydrogens (tertiary/aromatic N) is 1. The minimum atomic E-state index is -0.625. The van der Waals surface area contributed by atoms with Gasteiger partial charge in [0.05, 0.1) is 23.1 Å². The Kier molecular flexibility index (Phi) is 4.92. The third-order valence-corrected chi connectivity index (χ3v) is 3.43. The van der Waals surface area contributed by atoms with Crippen molar-refractivity contribution in [3.05, 3.63) is 69.3 Å². The van der Waals surface area contributed by atoms with Gasteiger partial charge in [-0.3, -0.25) is 14.9 Å². The Labute approximate surface area is 132 Å². The molecule has 7 nitrogen and oxygen atoms in total. The lowest BCUT2D eigenvalue weighted by Crippen LogP contribution is -2.31. The summed E-state index contributed by atoms with van der Waals surface area (Å²) in [5.74, 6) is -0.572. The topological polar surface area (TPSA) is 118 Å². The van der Waals surface area contributed by atoms with Crippen LogP contribution in [-0.2, 0) is 0 Å². The van der Waals surface area contributed by atoms with E-state index in [-0.39, 0.29) is 23.5 Å². The number of carbonyl (C=O) groups excluding carboxylic acids is 1. The van der Waals surface area contributed by atoms with E-state index in [2.05, 4.69) is 5.32 Å². The van der Waals surface area contributed by atoms with Gasteiger partial charge in [-0.05, 0) is 24.1 Å². The molecule has 4 N–H and O–H groups in total. The second-order valence-electron chi connectivity index (χ2n) is 5.12. The van der Waals surface area contributed by atoms with Crippen molar-refractivity contribution in [2.75, 3.05) is 12.3 Å². The molecule has 0 radical (unpaired) electrons. The lowest BCUT2D eigenvalue weighted by atomic mass is 10.0. The minimum Gasteiger partial charge on any atom is -0.394 e. The van der Waals surface area contributed by atoms with Crippen LogP contribution in [0.4, 0.5) is 11.4 Å². The maximum Gasteiger partial charge on any atom is 0.293 e. The Hall–Kier alpha value is -2.93. The molecule has 120 valence electrons. The summed E-state index contributed by atoms with van der Waals surface area (Å²) in [5.41, 5.74) is 6.54. The summed E-state index contributed by atoms with van der Waals surface area (Å²) >= 11 is 0. The number of aliphatic hydroxyl groups is 1. The Morgan fingerprint density at radius 1 is 1.35 bits per heavy atom. The zero-order chi connectivity index (χ0) is 17.0. The van der Waals surface area contributed by atoms with Crippen LogP contribution in [0.25, 0.3) is 0 Å². The first-order valence-electron chi connectivity index (χ1n) is 6.95. The Morgan fingerprint density at radius 2 is 2.00 bits per heavy atom. The molecule has 2 aromatic carbocycles. The average Bonchev–Trinajstić information content (AvgIpc) is 2.54. The third-order valence-electron chi connectivity index (χ3n) is 3.43. The van der Waals surface area contributed by atoms with Gasteiger partial charge in [0.2, 0.25) is 0 Å². The largest absolute Gasteiger partial charge is 0.394 e. The number of nitrogen functional groups attached to an aromatic ring is 1. The number of anilines is 1. The van der Waals surface area contributed by atoms with Crippen LogP contribution in [0.1, 0.15) is 27.5 Å². The van der Waals surface area contributed by atoms with Crippen molar-refractivity contribution in [2.45, 2.75) is 13.0 Å². The molecule has 0 saturated heterocycles. The van der Waals surface area contributed by atoms with E-state index in [1.54, 1.807) is 31.2 Å². The van der Waals surface area contributed by atoms with E-state index in [9.17, 15) is 20.0 Å². The number of amides is 1. The maximum atomic E-state index is 12.4. The van der Waals surface area contributed by atoms with Crippen molar-refractivity contribution >= 4 is 17.3 Å². The number of rotatable bonds is 5. The van der Waals surface area contributed by atoms with Gasteiger partial charge in [-0.15, -0.1) is 0 Å². The molecule has 0 fully saturated rings. The number of nitrogens with one attached hydrogen (secondary N) is 1. The SMILES string of the molecule is Cc1cc(C(=O)N[C@H](CO)c2ccccc2)c(N)c([N+](=O)[O-])c1. The van der Waals surface area contributed by atoms with Gasteiger partial charge < -0.3 is 16.2 Å². The summed E-state index contributed by atoms with van der Waals surface area (Å²) in [6.07, 6.45) is 0. The summed E-state index contributed by atoms with van der Waals surface area (Å²) < 4.78 is 0. The highest BCUT2D eigenvalue weighted by Gasteiger charge is 2.22. The standard InChI is InChI=1S/C16H17N3O4/c1-10-7-12(15(17)14(8-10)19(22)23)16(21)18-13(9-20)11-5-3-2-4-6-11/h2-8,13,20H,9,17H2,1H3,(H,18,21)/t13-/m1/s1. The van der Waals surface area contributed by atoms with Crippen molar-refractivity contribution in [1.29, 1.82) is 0 Å². The number of nitrogens with two attached hydrogens (primary N) is 1. The quantitative estimate of drug-likeness (QED) is 0.442. The molecule has 0 unspecified atom stereocenters. The number of aryl methyl sites for hydroxylation is 1. The van der Waals surface area contributed by atoms with E-state index in [0.717, 1.165) is 5.56 Å². The number of aliphatic hydroxyl groups excluding tert-OH is 1. The predicted molar refractivity (Wildman–Crippen MR) is 86.0 cm³/mol. The molecule has 0 aliphatic rings. The Balaban J connectivity index is 2.32. The molecule has 0 aliphatic heterocycles. The molecular formula is C16H17N3O4. The second kappa shape index (κ2) is 6.89. The molecule has 1 amide bonds. The zero-order valence-corrected chi connectivity index (χ0v) is 12.5. The molecule has 0 saturated carbocycles. The number of nitro groups is 1. The van der Waals surface area contributed by atoms with Crippen molar-refractivity contribution in [3.63, 3.8) is 0 Å². The summed E-state index contributed by atoms with van der Waals surface area (Å²) in [5, 5.41) is 23.1. The first-order chi connectivity index (χ1) is 10.9. The van der Waals surface area contributed by atoms with Gasteiger partial charge in [0.25, 0.3) is 11.6 Å². The van der Waals surface area contributed by atoms with Crippen molar-refractivity contribution in [1.82, 2.24) is 5.32 Å². The summed E-state index contributed by atoms with van der Waals surface area (Å²) in [7, 11) is 0. The maximum absolute atomic E-state index is 12.4. The molecule has 0 aromatic heterocycles. The van der Waals surface area contributed by atoms with Crippen LogP contribution < -0.4 is 11.1 Å².